The van der Waals surface area contributed by atoms with Gasteiger partial charge in [-0.15, -0.1) is 0 Å². The number of anilines is 2. The summed E-state index contributed by atoms with van der Waals surface area (Å²) in [6.07, 6.45) is 2.24. The van der Waals surface area contributed by atoms with Crippen molar-refractivity contribution in [1.82, 2.24) is 0 Å². The highest BCUT2D eigenvalue weighted by Gasteiger charge is 2.13. The van der Waals surface area contributed by atoms with E-state index < -0.39 is 0 Å². The molecule has 2 aromatic carbocycles. The second-order valence-electron chi connectivity index (χ2n) is 4.98. The molecule has 2 aromatic rings. The van der Waals surface area contributed by atoms with E-state index in [0.717, 1.165) is 34.3 Å². The van der Waals surface area contributed by atoms with Crippen LogP contribution in [0.3, 0.4) is 0 Å². The number of fused-ring (bicyclic) bond motifs is 1. The predicted molar refractivity (Wildman–Crippen MR) is 95.4 cm³/mol. The molecule has 0 aliphatic carbocycles. The fraction of sp³-hybridized carbons (Fsp3) is 0.188. The minimum atomic E-state index is -0.141. The number of rotatable bonds is 2. The normalized spacial score (nSPS) is 13.2. The van der Waals surface area contributed by atoms with E-state index in [-0.39, 0.29) is 5.91 Å². The molecular weight excluding hydrogens is 399 g/mol. The molecule has 2 N–H and O–H groups in total. The summed E-state index contributed by atoms with van der Waals surface area (Å²) in [6.45, 7) is 0.983. The van der Waals surface area contributed by atoms with Gasteiger partial charge in [-0.3, -0.25) is 4.79 Å². The van der Waals surface area contributed by atoms with Crippen LogP contribution in [0.2, 0.25) is 5.02 Å². The average Bonchev–Trinajstić information content (AvgIpc) is 2.49. The topological polar surface area (TPSA) is 41.1 Å². The smallest absolute Gasteiger partial charge is 0.256 e. The van der Waals surface area contributed by atoms with E-state index in [4.69, 9.17) is 11.6 Å². The van der Waals surface area contributed by atoms with Gasteiger partial charge in [0.15, 0.2) is 0 Å². The van der Waals surface area contributed by atoms with E-state index >= 15 is 0 Å². The maximum absolute atomic E-state index is 12.4. The molecule has 1 aliphatic rings. The zero-order valence-corrected chi connectivity index (χ0v) is 14.2. The summed E-state index contributed by atoms with van der Waals surface area (Å²) < 4.78 is 0.880. The van der Waals surface area contributed by atoms with Gasteiger partial charge >= 0.3 is 0 Å². The summed E-state index contributed by atoms with van der Waals surface area (Å²) in [6, 6.07) is 11.3. The number of hydrogen-bond donors (Lipinski definition) is 2. The summed E-state index contributed by atoms with van der Waals surface area (Å²) in [7, 11) is 0. The van der Waals surface area contributed by atoms with E-state index in [9.17, 15) is 4.79 Å². The number of amides is 1. The summed E-state index contributed by atoms with van der Waals surface area (Å²) >= 11 is 8.10. The Morgan fingerprint density at radius 1 is 1.24 bits per heavy atom. The molecule has 21 heavy (non-hydrogen) atoms. The lowest BCUT2D eigenvalue weighted by molar-refractivity contribution is 0.102. The first-order valence-electron chi connectivity index (χ1n) is 6.77. The Morgan fingerprint density at radius 2 is 2.10 bits per heavy atom. The Kier molecular flexibility index (Phi) is 4.35. The van der Waals surface area contributed by atoms with Gasteiger partial charge in [-0.2, -0.15) is 0 Å². The number of halogens is 2. The number of carbonyl (C=O) groups excluding carboxylic acids is 1. The highest BCUT2D eigenvalue weighted by Crippen LogP contribution is 2.26. The summed E-state index contributed by atoms with van der Waals surface area (Å²) in [5.74, 6) is -0.141. The molecule has 0 bridgehead atoms. The molecule has 0 aromatic heterocycles. The van der Waals surface area contributed by atoms with Crippen LogP contribution >= 0.6 is 34.2 Å². The molecule has 3 rings (SSSR count). The van der Waals surface area contributed by atoms with Crippen molar-refractivity contribution in [1.29, 1.82) is 0 Å². The van der Waals surface area contributed by atoms with Crippen LogP contribution < -0.4 is 10.6 Å². The van der Waals surface area contributed by atoms with E-state index in [0.29, 0.717) is 10.6 Å². The number of aryl methyl sites for hydroxylation is 1. The average molecular weight is 413 g/mol. The molecule has 0 radical (unpaired) electrons. The highest BCUT2D eigenvalue weighted by atomic mass is 127. The summed E-state index contributed by atoms with van der Waals surface area (Å²) in [5, 5.41) is 6.86. The lowest BCUT2D eigenvalue weighted by Gasteiger charge is -2.19. The minimum absolute atomic E-state index is 0.141. The van der Waals surface area contributed by atoms with E-state index in [1.54, 1.807) is 12.1 Å². The number of benzene rings is 2. The maximum atomic E-state index is 12.4. The van der Waals surface area contributed by atoms with Crippen LogP contribution in [0.1, 0.15) is 22.3 Å². The van der Waals surface area contributed by atoms with Gasteiger partial charge in [0, 0.05) is 26.5 Å². The first-order chi connectivity index (χ1) is 10.1. The second kappa shape index (κ2) is 6.23. The molecule has 0 saturated carbocycles. The van der Waals surface area contributed by atoms with Crippen molar-refractivity contribution in [2.24, 2.45) is 0 Å². The SMILES string of the molecule is O=C(Nc1ccc2c(c1)NCCC2)c1cc(Cl)ccc1I. The van der Waals surface area contributed by atoms with Crippen LogP contribution in [0.5, 0.6) is 0 Å². The van der Waals surface area contributed by atoms with Crippen LogP contribution in [0, 0.1) is 3.57 Å². The van der Waals surface area contributed by atoms with Crippen molar-refractivity contribution in [2.45, 2.75) is 12.8 Å². The van der Waals surface area contributed by atoms with E-state index in [1.165, 1.54) is 5.56 Å². The van der Waals surface area contributed by atoms with Gasteiger partial charge in [0.1, 0.15) is 0 Å². The molecular formula is C16H14ClIN2O. The van der Waals surface area contributed by atoms with Crippen molar-refractivity contribution >= 4 is 51.5 Å². The second-order valence-corrected chi connectivity index (χ2v) is 6.58. The molecule has 0 spiro atoms. The number of nitrogens with one attached hydrogen (secondary N) is 2. The minimum Gasteiger partial charge on any atom is -0.385 e. The monoisotopic (exact) mass is 412 g/mol. The molecule has 3 nitrogen and oxygen atoms in total. The molecule has 5 heteroatoms. The van der Waals surface area contributed by atoms with E-state index in [1.807, 2.05) is 18.2 Å². The van der Waals surface area contributed by atoms with Crippen molar-refractivity contribution in [3.63, 3.8) is 0 Å². The van der Waals surface area contributed by atoms with Crippen LogP contribution in [0.25, 0.3) is 0 Å². The van der Waals surface area contributed by atoms with Gasteiger partial charge in [-0.05, 0) is 71.3 Å². The first-order valence-corrected chi connectivity index (χ1v) is 8.22. The van der Waals surface area contributed by atoms with Crippen LogP contribution in [0.4, 0.5) is 11.4 Å². The first kappa shape index (κ1) is 14.7. The Balaban J connectivity index is 1.83. The van der Waals surface area contributed by atoms with Gasteiger partial charge in [-0.25, -0.2) is 0 Å². The summed E-state index contributed by atoms with van der Waals surface area (Å²) in [4.78, 5) is 12.4. The molecule has 108 valence electrons. The third-order valence-electron chi connectivity index (χ3n) is 3.48. The lowest BCUT2D eigenvalue weighted by Crippen LogP contribution is -2.15. The van der Waals surface area contributed by atoms with Gasteiger partial charge in [0.2, 0.25) is 0 Å². The Bertz CT molecular complexity index is 703. The van der Waals surface area contributed by atoms with Gasteiger partial charge in [-0.1, -0.05) is 17.7 Å². The third kappa shape index (κ3) is 3.32. The molecule has 0 atom stereocenters. The molecule has 1 heterocycles. The number of carbonyl (C=O) groups is 1. The van der Waals surface area contributed by atoms with Gasteiger partial charge in [0.25, 0.3) is 5.91 Å². The molecule has 1 amide bonds. The van der Waals surface area contributed by atoms with Crippen LogP contribution in [-0.2, 0) is 6.42 Å². The van der Waals surface area contributed by atoms with Gasteiger partial charge in [0.05, 0.1) is 5.56 Å². The Hall–Kier alpha value is -1.27. The van der Waals surface area contributed by atoms with Crippen LogP contribution in [0.15, 0.2) is 36.4 Å². The molecule has 0 fully saturated rings. The Labute approximate surface area is 142 Å². The quantitative estimate of drug-likeness (QED) is 0.710. The third-order valence-corrected chi connectivity index (χ3v) is 4.65. The largest absolute Gasteiger partial charge is 0.385 e. The van der Waals surface area contributed by atoms with Crippen molar-refractivity contribution in [2.75, 3.05) is 17.2 Å². The predicted octanol–water partition coefficient (Wildman–Crippen LogP) is 4.56. The Morgan fingerprint density at radius 3 is 2.95 bits per heavy atom. The van der Waals surface area contributed by atoms with Crippen molar-refractivity contribution in [3.05, 3.63) is 56.1 Å². The lowest BCUT2D eigenvalue weighted by atomic mass is 10.0. The number of hydrogen-bond acceptors (Lipinski definition) is 2. The maximum Gasteiger partial charge on any atom is 0.256 e. The molecule has 0 saturated heterocycles. The zero-order valence-electron chi connectivity index (χ0n) is 11.2. The molecule has 0 unspecified atom stereocenters. The van der Waals surface area contributed by atoms with E-state index in [2.05, 4.69) is 39.3 Å². The molecule has 1 aliphatic heterocycles. The van der Waals surface area contributed by atoms with Crippen LogP contribution in [-0.4, -0.2) is 12.5 Å². The van der Waals surface area contributed by atoms with Gasteiger partial charge < -0.3 is 10.6 Å². The van der Waals surface area contributed by atoms with Crippen molar-refractivity contribution in [3.8, 4) is 0 Å². The zero-order chi connectivity index (χ0) is 14.8. The standard InChI is InChI=1S/C16H14ClIN2O/c17-11-4-6-14(18)13(8-11)16(21)20-12-5-3-10-2-1-7-19-15(10)9-12/h3-6,8-9,19H,1-2,7H2,(H,20,21). The highest BCUT2D eigenvalue weighted by molar-refractivity contribution is 14.1. The fourth-order valence-corrected chi connectivity index (χ4v) is 3.16. The fourth-order valence-electron chi connectivity index (χ4n) is 2.41. The summed E-state index contributed by atoms with van der Waals surface area (Å²) in [5.41, 5.74) is 3.80. The van der Waals surface area contributed by atoms with Crippen molar-refractivity contribution < 1.29 is 4.79 Å².